The summed E-state index contributed by atoms with van der Waals surface area (Å²) in [4.78, 5) is 11.7. The van der Waals surface area contributed by atoms with Crippen molar-refractivity contribution in [2.24, 2.45) is 0 Å². The van der Waals surface area contributed by atoms with Crippen LogP contribution in [0.15, 0.2) is 18.2 Å². The molecule has 0 radical (unpaired) electrons. The minimum atomic E-state index is -4.74. The van der Waals surface area contributed by atoms with Crippen LogP contribution < -0.4 is 14.2 Å². The summed E-state index contributed by atoms with van der Waals surface area (Å²) in [5, 5.41) is 0. The van der Waals surface area contributed by atoms with Gasteiger partial charge in [0, 0.05) is 11.6 Å². The molecule has 25 heavy (non-hydrogen) atoms. The van der Waals surface area contributed by atoms with Crippen molar-refractivity contribution in [1.29, 1.82) is 0 Å². The predicted molar refractivity (Wildman–Crippen MR) is 71.9 cm³/mol. The molecule has 13 heteroatoms. The van der Waals surface area contributed by atoms with E-state index in [1.54, 1.807) is 0 Å². The van der Waals surface area contributed by atoms with Gasteiger partial charge in [0.2, 0.25) is 10.0 Å². The van der Waals surface area contributed by atoms with Crippen LogP contribution in [0.3, 0.4) is 0 Å². The van der Waals surface area contributed by atoms with Gasteiger partial charge in [-0.1, -0.05) is 0 Å². The molecule has 142 valence electrons. The Labute approximate surface area is 137 Å². The largest absolute Gasteiger partial charge is 0.484 e. The number of carbonyl (C=O) groups excluding carboxylic acids is 1. The second-order valence-corrected chi connectivity index (χ2v) is 6.45. The van der Waals surface area contributed by atoms with Crippen LogP contribution in [0, 0.1) is 0 Å². The summed E-state index contributed by atoms with van der Waals surface area (Å²) in [5.74, 6) is -2.54. The van der Waals surface area contributed by atoms with Crippen LogP contribution in [-0.2, 0) is 10.0 Å². The van der Waals surface area contributed by atoms with Crippen molar-refractivity contribution in [2.75, 3.05) is 19.5 Å². The van der Waals surface area contributed by atoms with Crippen molar-refractivity contribution in [3.63, 3.8) is 0 Å². The fourth-order valence-electron chi connectivity index (χ4n) is 1.43. The fourth-order valence-corrected chi connectivity index (χ4v) is 1.88. The smallest absolute Gasteiger partial charge is 0.422 e. The molecule has 0 spiro atoms. The summed E-state index contributed by atoms with van der Waals surface area (Å²) in [7, 11) is -4.01. The molecule has 0 aliphatic rings. The number of halogens is 6. The molecule has 0 atom stereocenters. The highest BCUT2D eigenvalue weighted by molar-refractivity contribution is 7.89. The van der Waals surface area contributed by atoms with Gasteiger partial charge in [-0.05, 0) is 12.1 Å². The Morgan fingerprint density at radius 2 is 1.36 bits per heavy atom. The summed E-state index contributed by atoms with van der Waals surface area (Å²) >= 11 is 0. The lowest BCUT2D eigenvalue weighted by Gasteiger charge is -2.14. The van der Waals surface area contributed by atoms with Gasteiger partial charge in [-0.3, -0.25) is 4.79 Å². The third kappa shape index (κ3) is 9.02. The average molecular weight is 395 g/mol. The van der Waals surface area contributed by atoms with Crippen molar-refractivity contribution in [3.05, 3.63) is 23.8 Å². The number of rotatable bonds is 6. The first-order valence-electron chi connectivity index (χ1n) is 6.21. The van der Waals surface area contributed by atoms with Crippen LogP contribution in [0.1, 0.15) is 10.4 Å². The molecule has 0 aromatic heterocycles. The van der Waals surface area contributed by atoms with E-state index >= 15 is 0 Å². The summed E-state index contributed by atoms with van der Waals surface area (Å²) in [6.45, 7) is -3.55. The molecule has 0 saturated heterocycles. The van der Waals surface area contributed by atoms with Gasteiger partial charge in [-0.2, -0.15) is 26.3 Å². The van der Waals surface area contributed by atoms with Crippen molar-refractivity contribution in [3.8, 4) is 11.5 Å². The molecule has 0 heterocycles. The average Bonchev–Trinajstić information content (AvgIpc) is 2.39. The molecule has 1 aromatic carbocycles. The molecular formula is C12H11F6NO5S. The van der Waals surface area contributed by atoms with Crippen LogP contribution >= 0.6 is 0 Å². The number of carbonyl (C=O) groups is 1. The molecule has 0 bridgehead atoms. The molecule has 1 amide bonds. The highest BCUT2D eigenvalue weighted by Crippen LogP contribution is 2.27. The minimum absolute atomic E-state index is 0.567. The standard InChI is InChI=1S/C12H11F6NO5S/c1-25(21,22)19-10(20)7-2-8(23-5-11(13,14)15)4-9(3-7)24-6-12(16,17)18/h2-4H,5-6H2,1H3,(H,19,20). The lowest BCUT2D eigenvalue weighted by molar-refractivity contribution is -0.153. The zero-order chi connectivity index (χ0) is 19.5. The number of sulfonamides is 1. The first-order valence-corrected chi connectivity index (χ1v) is 8.10. The Kier molecular flexibility index (Phi) is 6.15. The number of ether oxygens (including phenoxy) is 2. The molecule has 1 aromatic rings. The van der Waals surface area contributed by atoms with Crippen LogP contribution in [-0.4, -0.2) is 46.1 Å². The maximum absolute atomic E-state index is 12.2. The summed E-state index contributed by atoms with van der Waals surface area (Å²) in [5.41, 5.74) is -0.567. The molecule has 0 unspecified atom stereocenters. The van der Waals surface area contributed by atoms with Gasteiger partial charge < -0.3 is 9.47 Å². The third-order valence-electron chi connectivity index (χ3n) is 2.23. The van der Waals surface area contributed by atoms with Crippen molar-refractivity contribution < 1.29 is 49.0 Å². The van der Waals surface area contributed by atoms with E-state index in [9.17, 15) is 39.6 Å². The molecular weight excluding hydrogens is 384 g/mol. The van der Waals surface area contributed by atoms with Gasteiger partial charge in [-0.15, -0.1) is 0 Å². The van der Waals surface area contributed by atoms with E-state index in [0.717, 1.165) is 12.1 Å². The van der Waals surface area contributed by atoms with E-state index in [-0.39, 0.29) is 0 Å². The second-order valence-electron chi connectivity index (χ2n) is 4.70. The number of hydrogen-bond acceptors (Lipinski definition) is 5. The number of alkyl halides is 6. The van der Waals surface area contributed by atoms with E-state index < -0.39 is 58.6 Å². The van der Waals surface area contributed by atoms with E-state index in [0.29, 0.717) is 12.3 Å². The molecule has 1 N–H and O–H groups in total. The Morgan fingerprint density at radius 1 is 0.960 bits per heavy atom. The quantitative estimate of drug-likeness (QED) is 0.748. The van der Waals surface area contributed by atoms with Crippen molar-refractivity contribution >= 4 is 15.9 Å². The lowest BCUT2D eigenvalue weighted by atomic mass is 10.2. The van der Waals surface area contributed by atoms with E-state index in [1.807, 2.05) is 0 Å². The van der Waals surface area contributed by atoms with Crippen LogP contribution in [0.2, 0.25) is 0 Å². The summed E-state index contributed by atoms with van der Waals surface area (Å²) < 4.78 is 105. The Balaban J connectivity index is 3.10. The maximum atomic E-state index is 12.2. The lowest BCUT2D eigenvalue weighted by Crippen LogP contribution is -2.29. The number of nitrogens with one attached hydrogen (secondary N) is 1. The van der Waals surface area contributed by atoms with Gasteiger partial charge in [0.05, 0.1) is 6.26 Å². The maximum Gasteiger partial charge on any atom is 0.422 e. The van der Waals surface area contributed by atoms with Crippen molar-refractivity contribution in [1.82, 2.24) is 4.72 Å². The van der Waals surface area contributed by atoms with Gasteiger partial charge >= 0.3 is 12.4 Å². The normalized spacial score (nSPS) is 12.6. The zero-order valence-corrected chi connectivity index (χ0v) is 13.2. The third-order valence-corrected chi connectivity index (χ3v) is 2.78. The minimum Gasteiger partial charge on any atom is -0.484 e. The molecule has 0 aliphatic heterocycles. The number of benzene rings is 1. The van der Waals surface area contributed by atoms with Gasteiger partial charge in [0.15, 0.2) is 13.2 Å². The van der Waals surface area contributed by atoms with Crippen LogP contribution in [0.25, 0.3) is 0 Å². The van der Waals surface area contributed by atoms with Gasteiger partial charge in [0.1, 0.15) is 11.5 Å². The Bertz CT molecular complexity index is 692. The summed E-state index contributed by atoms with van der Waals surface area (Å²) in [6.07, 6.45) is -8.84. The van der Waals surface area contributed by atoms with Crippen LogP contribution in [0.4, 0.5) is 26.3 Å². The molecule has 1 rings (SSSR count). The monoisotopic (exact) mass is 395 g/mol. The zero-order valence-electron chi connectivity index (χ0n) is 12.4. The SMILES string of the molecule is CS(=O)(=O)NC(=O)c1cc(OCC(F)(F)F)cc(OCC(F)(F)F)c1. The second kappa shape index (κ2) is 7.37. The summed E-state index contributed by atoms with van der Waals surface area (Å²) in [6, 6.07) is 2.16. The molecule has 0 fully saturated rings. The van der Waals surface area contributed by atoms with Crippen LogP contribution in [0.5, 0.6) is 11.5 Å². The van der Waals surface area contributed by atoms with E-state index in [4.69, 9.17) is 0 Å². The van der Waals surface area contributed by atoms with Gasteiger partial charge in [-0.25, -0.2) is 13.1 Å². The van der Waals surface area contributed by atoms with E-state index in [2.05, 4.69) is 9.47 Å². The number of hydrogen-bond donors (Lipinski definition) is 1. The number of amides is 1. The first kappa shape index (κ1) is 20.9. The predicted octanol–water partition coefficient (Wildman–Crippen LogP) is 2.26. The topological polar surface area (TPSA) is 81.7 Å². The Morgan fingerprint density at radius 3 is 1.68 bits per heavy atom. The van der Waals surface area contributed by atoms with Gasteiger partial charge in [0.25, 0.3) is 5.91 Å². The van der Waals surface area contributed by atoms with E-state index in [1.165, 1.54) is 4.72 Å². The fraction of sp³-hybridized carbons (Fsp3) is 0.417. The van der Waals surface area contributed by atoms with Crippen molar-refractivity contribution in [2.45, 2.75) is 12.4 Å². The Hall–Kier alpha value is -2.18. The molecule has 0 saturated carbocycles. The highest BCUT2D eigenvalue weighted by atomic mass is 32.2. The molecule has 0 aliphatic carbocycles. The first-order chi connectivity index (χ1) is 11.1. The molecule has 6 nitrogen and oxygen atoms in total. The highest BCUT2D eigenvalue weighted by Gasteiger charge is 2.30.